The van der Waals surface area contributed by atoms with Gasteiger partial charge < -0.3 is 14.4 Å². The Labute approximate surface area is 168 Å². The third-order valence-electron chi connectivity index (χ3n) is 5.54. The number of Topliss-reactive ketones (excluding diaryl/α,β-unsaturated/α-hetero) is 2. The van der Waals surface area contributed by atoms with E-state index in [4.69, 9.17) is 9.47 Å². The highest BCUT2D eigenvalue weighted by molar-refractivity contribution is 7.10. The molecule has 5 nitrogen and oxygen atoms in total. The normalized spacial score (nSPS) is 22.2. The zero-order valence-electron chi connectivity index (χ0n) is 16.1. The van der Waals surface area contributed by atoms with Crippen LogP contribution in [-0.2, 0) is 15.1 Å². The van der Waals surface area contributed by atoms with Gasteiger partial charge in [0.05, 0.1) is 28.8 Å². The standard InChI is InChI=1S/C22H23NO4S/c1-26-16-10-5-4-9-15(16)19(24)18-20(23-12-6-3-7-13-23)22(27-2,21(18)25)17-11-8-14-28-17/h4-5,8-11,14H,3,6-7,12-13H2,1-2H3. The van der Waals surface area contributed by atoms with Crippen LogP contribution in [-0.4, -0.2) is 43.8 Å². The molecule has 1 atom stereocenters. The van der Waals surface area contributed by atoms with Crippen molar-refractivity contribution in [3.05, 3.63) is 63.5 Å². The van der Waals surface area contributed by atoms with Gasteiger partial charge in [0.1, 0.15) is 5.75 Å². The van der Waals surface area contributed by atoms with Crippen LogP contribution in [0.1, 0.15) is 34.5 Å². The minimum Gasteiger partial charge on any atom is -0.496 e. The summed E-state index contributed by atoms with van der Waals surface area (Å²) in [5.74, 6) is -0.0991. The highest BCUT2D eigenvalue weighted by atomic mass is 32.1. The molecule has 2 aromatic rings. The lowest BCUT2D eigenvalue weighted by Crippen LogP contribution is -2.57. The Morgan fingerprint density at radius 2 is 1.82 bits per heavy atom. The first-order chi connectivity index (χ1) is 13.6. The Morgan fingerprint density at radius 1 is 1.07 bits per heavy atom. The molecule has 146 valence electrons. The minimum atomic E-state index is -1.18. The van der Waals surface area contributed by atoms with Crippen molar-refractivity contribution in [2.45, 2.75) is 24.9 Å². The van der Waals surface area contributed by atoms with E-state index < -0.39 is 5.60 Å². The number of ketones is 2. The molecule has 2 aliphatic rings. The summed E-state index contributed by atoms with van der Waals surface area (Å²) in [5.41, 5.74) is 0.150. The Hall–Kier alpha value is -2.44. The number of piperidine rings is 1. The minimum absolute atomic E-state index is 0.224. The van der Waals surface area contributed by atoms with Gasteiger partial charge >= 0.3 is 0 Å². The molecule has 6 heteroatoms. The average molecular weight is 397 g/mol. The lowest BCUT2D eigenvalue weighted by atomic mass is 9.71. The van der Waals surface area contributed by atoms with Gasteiger partial charge in [-0.15, -0.1) is 11.3 Å². The summed E-state index contributed by atoms with van der Waals surface area (Å²) in [7, 11) is 3.08. The van der Waals surface area contributed by atoms with E-state index in [-0.39, 0.29) is 17.1 Å². The Balaban J connectivity index is 1.87. The molecule has 1 aliphatic heterocycles. The average Bonchev–Trinajstić information content (AvgIpc) is 3.28. The maximum atomic E-state index is 13.4. The van der Waals surface area contributed by atoms with Gasteiger partial charge in [0.25, 0.3) is 0 Å². The molecule has 0 bridgehead atoms. The molecule has 1 saturated heterocycles. The van der Waals surface area contributed by atoms with E-state index in [0.717, 1.165) is 37.2 Å². The summed E-state index contributed by atoms with van der Waals surface area (Å²) in [4.78, 5) is 29.8. The second kappa shape index (κ2) is 7.53. The molecule has 1 aliphatic carbocycles. The highest BCUT2D eigenvalue weighted by Gasteiger charge is 2.60. The van der Waals surface area contributed by atoms with Crippen molar-refractivity contribution in [3.63, 3.8) is 0 Å². The largest absolute Gasteiger partial charge is 0.496 e. The topological polar surface area (TPSA) is 55.8 Å². The summed E-state index contributed by atoms with van der Waals surface area (Å²) in [6, 6.07) is 10.8. The van der Waals surface area contributed by atoms with Crippen LogP contribution in [0.5, 0.6) is 5.75 Å². The van der Waals surface area contributed by atoms with Crippen molar-refractivity contribution < 1.29 is 19.1 Å². The van der Waals surface area contributed by atoms with Crippen LogP contribution in [0.4, 0.5) is 0 Å². The molecule has 0 radical (unpaired) electrons. The maximum Gasteiger partial charge on any atom is 0.212 e. The molecule has 2 heterocycles. The first kappa shape index (κ1) is 18.9. The van der Waals surface area contributed by atoms with Gasteiger partial charge in [-0.3, -0.25) is 9.59 Å². The van der Waals surface area contributed by atoms with Crippen molar-refractivity contribution >= 4 is 22.9 Å². The van der Waals surface area contributed by atoms with E-state index in [1.807, 2.05) is 23.6 Å². The van der Waals surface area contributed by atoms with Crippen LogP contribution < -0.4 is 4.74 Å². The van der Waals surface area contributed by atoms with Gasteiger partial charge in [-0.1, -0.05) is 18.2 Å². The zero-order valence-corrected chi connectivity index (χ0v) is 16.9. The number of carbonyl (C=O) groups excluding carboxylic acids is 2. The monoisotopic (exact) mass is 397 g/mol. The number of benzene rings is 1. The molecule has 1 unspecified atom stereocenters. The molecule has 28 heavy (non-hydrogen) atoms. The number of likely N-dealkylation sites (tertiary alicyclic amines) is 1. The van der Waals surface area contributed by atoms with Crippen LogP contribution in [0.15, 0.2) is 53.0 Å². The fourth-order valence-electron chi connectivity index (χ4n) is 4.18. The van der Waals surface area contributed by atoms with Gasteiger partial charge in [-0.2, -0.15) is 0 Å². The number of carbonyl (C=O) groups is 2. The van der Waals surface area contributed by atoms with Crippen LogP contribution >= 0.6 is 11.3 Å². The fraction of sp³-hybridized carbons (Fsp3) is 0.364. The van der Waals surface area contributed by atoms with Gasteiger partial charge in [0.15, 0.2) is 0 Å². The first-order valence-electron chi connectivity index (χ1n) is 9.46. The lowest BCUT2D eigenvalue weighted by molar-refractivity contribution is -0.141. The maximum absolute atomic E-state index is 13.4. The zero-order chi connectivity index (χ0) is 19.7. The molecule has 0 N–H and O–H groups in total. The quantitative estimate of drug-likeness (QED) is 0.548. The van der Waals surface area contributed by atoms with Crippen LogP contribution in [0.2, 0.25) is 0 Å². The summed E-state index contributed by atoms with van der Waals surface area (Å²) in [6.07, 6.45) is 3.24. The van der Waals surface area contributed by atoms with Crippen LogP contribution in [0.25, 0.3) is 0 Å². The van der Waals surface area contributed by atoms with Crippen molar-refractivity contribution in [1.29, 1.82) is 0 Å². The van der Waals surface area contributed by atoms with Crippen LogP contribution in [0.3, 0.4) is 0 Å². The van der Waals surface area contributed by atoms with Crippen molar-refractivity contribution in [2.75, 3.05) is 27.3 Å². The predicted octanol–water partition coefficient (Wildman–Crippen LogP) is 3.80. The molecule has 1 aromatic carbocycles. The summed E-state index contributed by atoms with van der Waals surface area (Å²) in [5, 5.41) is 1.93. The predicted molar refractivity (Wildman–Crippen MR) is 108 cm³/mol. The Morgan fingerprint density at radius 3 is 2.46 bits per heavy atom. The number of nitrogens with zero attached hydrogens (tertiary/aromatic N) is 1. The molecule has 0 spiro atoms. The second-order valence-corrected chi connectivity index (χ2v) is 7.94. The van der Waals surface area contributed by atoms with E-state index in [9.17, 15) is 9.59 Å². The first-order valence-corrected chi connectivity index (χ1v) is 10.3. The molecule has 4 rings (SSSR count). The third-order valence-corrected chi connectivity index (χ3v) is 6.51. The lowest BCUT2D eigenvalue weighted by Gasteiger charge is -2.48. The molecule has 1 aromatic heterocycles. The SMILES string of the molecule is COc1ccccc1C(=O)C1=C(N2CCCCC2)C(OC)(c2cccs2)C1=O. The Kier molecular flexibility index (Phi) is 5.08. The van der Waals surface area contributed by atoms with E-state index >= 15 is 0 Å². The number of methoxy groups -OCH3 is 2. The highest BCUT2D eigenvalue weighted by Crippen LogP contribution is 2.51. The van der Waals surface area contributed by atoms with Crippen LogP contribution in [0, 0.1) is 0 Å². The number of rotatable bonds is 6. The van der Waals surface area contributed by atoms with Gasteiger partial charge in [-0.25, -0.2) is 0 Å². The van der Waals surface area contributed by atoms with Crippen molar-refractivity contribution in [3.8, 4) is 5.75 Å². The molecular formula is C22H23NO4S. The third kappa shape index (κ3) is 2.71. The number of hydrogen-bond donors (Lipinski definition) is 0. The number of para-hydroxylation sites is 1. The summed E-state index contributed by atoms with van der Waals surface area (Å²) < 4.78 is 11.2. The molecule has 0 amide bonds. The van der Waals surface area contributed by atoms with Crippen molar-refractivity contribution in [2.24, 2.45) is 0 Å². The second-order valence-electron chi connectivity index (χ2n) is 6.99. The molecule has 0 saturated carbocycles. The Bertz CT molecular complexity index is 928. The van der Waals surface area contributed by atoms with E-state index in [2.05, 4.69) is 4.90 Å². The van der Waals surface area contributed by atoms with E-state index in [0.29, 0.717) is 17.0 Å². The molecular weight excluding hydrogens is 374 g/mol. The van der Waals surface area contributed by atoms with E-state index in [1.54, 1.807) is 25.3 Å². The van der Waals surface area contributed by atoms with Gasteiger partial charge in [-0.05, 0) is 42.8 Å². The number of ether oxygens (including phenoxy) is 2. The van der Waals surface area contributed by atoms with Crippen molar-refractivity contribution in [1.82, 2.24) is 4.90 Å². The summed E-state index contributed by atoms with van der Waals surface area (Å²) >= 11 is 1.48. The number of hydrogen-bond acceptors (Lipinski definition) is 6. The fourth-order valence-corrected chi connectivity index (χ4v) is 5.08. The van der Waals surface area contributed by atoms with E-state index in [1.165, 1.54) is 18.4 Å². The molecule has 1 fully saturated rings. The van der Waals surface area contributed by atoms with Gasteiger partial charge in [0, 0.05) is 20.2 Å². The smallest absolute Gasteiger partial charge is 0.212 e. The summed E-state index contributed by atoms with van der Waals surface area (Å²) in [6.45, 7) is 1.64. The number of thiophene rings is 1. The van der Waals surface area contributed by atoms with Gasteiger partial charge in [0.2, 0.25) is 17.2 Å².